The molecule has 2 nitrogen and oxygen atoms in total. The van der Waals surface area contributed by atoms with Gasteiger partial charge in [-0.25, -0.2) is 0 Å². The topological polar surface area (TPSA) is 29.1 Å². The Morgan fingerprint density at radius 1 is 1.53 bits per heavy atom. The molecule has 0 aliphatic rings. The third-order valence-corrected chi connectivity index (χ3v) is 1.55. The number of unbranched alkanes of at least 4 members (excludes halogenated alkanes) is 1. The van der Waals surface area contributed by atoms with Crippen molar-refractivity contribution in [2.75, 3.05) is 6.54 Å². The Labute approximate surface area is 92.1 Å². The summed E-state index contributed by atoms with van der Waals surface area (Å²) < 4.78 is 0. The molecule has 0 aromatic rings. The first-order valence-electron chi connectivity index (χ1n) is 5.04. The van der Waals surface area contributed by atoms with Gasteiger partial charge in [0, 0.05) is 13.0 Å². The fourth-order valence-corrected chi connectivity index (χ4v) is 0.823. The predicted molar refractivity (Wildman–Crippen MR) is 62.8 cm³/mol. The maximum Gasteiger partial charge on any atom is 0.243 e. The smallest absolute Gasteiger partial charge is 0.243 e. The van der Waals surface area contributed by atoms with Crippen molar-refractivity contribution in [3.05, 3.63) is 12.2 Å². The van der Waals surface area contributed by atoms with Gasteiger partial charge in [0.05, 0.1) is 0 Å². The monoisotopic (exact) mass is 203 g/mol. The quantitative estimate of drug-likeness (QED) is 0.411. The van der Waals surface area contributed by atoms with Crippen LogP contribution in [0.2, 0.25) is 0 Å². The second kappa shape index (κ2) is 8.91. The van der Waals surface area contributed by atoms with Crippen molar-refractivity contribution in [3.8, 4) is 24.2 Å². The molecule has 0 saturated heterocycles. The minimum atomic E-state index is -0.0476. The van der Waals surface area contributed by atoms with Crippen LogP contribution in [-0.4, -0.2) is 12.5 Å². The molecule has 1 N–H and O–H groups in total. The van der Waals surface area contributed by atoms with Crippen LogP contribution in [0.15, 0.2) is 12.2 Å². The number of allylic oxidation sites excluding steroid dienone is 1. The molecule has 0 fully saturated rings. The van der Waals surface area contributed by atoms with Gasteiger partial charge in [-0.15, -0.1) is 6.42 Å². The summed E-state index contributed by atoms with van der Waals surface area (Å²) in [5.41, 5.74) is 0. The first kappa shape index (κ1) is 13.3. The van der Waals surface area contributed by atoms with E-state index in [4.69, 9.17) is 6.42 Å². The lowest BCUT2D eigenvalue weighted by atomic mass is 10.2. The molecule has 0 unspecified atom stereocenters. The summed E-state index contributed by atoms with van der Waals surface area (Å²) in [5, 5.41) is 2.79. The van der Waals surface area contributed by atoms with E-state index in [1.54, 1.807) is 12.2 Å². The summed E-state index contributed by atoms with van der Waals surface area (Å²) in [6.07, 6.45) is 9.75. The van der Waals surface area contributed by atoms with E-state index >= 15 is 0 Å². The molecule has 0 saturated carbocycles. The van der Waals surface area contributed by atoms with Crippen LogP contribution in [0.5, 0.6) is 0 Å². The molecular weight excluding hydrogens is 186 g/mol. The van der Waals surface area contributed by atoms with E-state index in [-0.39, 0.29) is 5.91 Å². The van der Waals surface area contributed by atoms with Gasteiger partial charge in [-0.2, -0.15) is 0 Å². The Balaban J connectivity index is 3.60. The fraction of sp³-hybridized carbons (Fsp3) is 0.462. The van der Waals surface area contributed by atoms with Crippen LogP contribution in [0.3, 0.4) is 0 Å². The summed E-state index contributed by atoms with van der Waals surface area (Å²) in [4.78, 5) is 11.2. The summed E-state index contributed by atoms with van der Waals surface area (Å²) in [6, 6.07) is 0. The van der Waals surface area contributed by atoms with E-state index in [2.05, 4.69) is 36.9 Å². The van der Waals surface area contributed by atoms with Gasteiger partial charge in [0.1, 0.15) is 0 Å². The summed E-state index contributed by atoms with van der Waals surface area (Å²) >= 11 is 0. The maximum absolute atomic E-state index is 11.2. The van der Waals surface area contributed by atoms with Crippen LogP contribution in [0, 0.1) is 30.1 Å². The van der Waals surface area contributed by atoms with Gasteiger partial charge in [-0.05, 0) is 30.3 Å². The highest BCUT2D eigenvalue weighted by atomic mass is 16.1. The molecule has 0 rings (SSSR count). The Morgan fingerprint density at radius 3 is 2.87 bits per heavy atom. The lowest BCUT2D eigenvalue weighted by molar-refractivity contribution is -0.116. The van der Waals surface area contributed by atoms with Crippen LogP contribution < -0.4 is 5.32 Å². The average Bonchev–Trinajstić information content (AvgIpc) is 2.20. The van der Waals surface area contributed by atoms with Crippen molar-refractivity contribution in [3.63, 3.8) is 0 Å². The van der Waals surface area contributed by atoms with Crippen molar-refractivity contribution in [2.24, 2.45) is 5.92 Å². The number of hydrogen-bond donors (Lipinski definition) is 1. The fourth-order valence-electron chi connectivity index (χ4n) is 0.823. The molecule has 0 radical (unpaired) electrons. The molecule has 0 atom stereocenters. The minimum Gasteiger partial charge on any atom is -0.352 e. The summed E-state index contributed by atoms with van der Waals surface area (Å²) in [6.45, 7) is 4.82. The summed E-state index contributed by atoms with van der Waals surface area (Å²) in [7, 11) is 0. The average molecular weight is 203 g/mol. The van der Waals surface area contributed by atoms with Gasteiger partial charge in [0.2, 0.25) is 5.91 Å². The van der Waals surface area contributed by atoms with Crippen molar-refractivity contribution in [1.82, 2.24) is 5.32 Å². The largest absolute Gasteiger partial charge is 0.352 e. The van der Waals surface area contributed by atoms with Crippen molar-refractivity contribution >= 4 is 5.91 Å². The maximum atomic E-state index is 11.2. The van der Waals surface area contributed by atoms with E-state index < -0.39 is 0 Å². The molecule has 15 heavy (non-hydrogen) atoms. The van der Waals surface area contributed by atoms with Crippen molar-refractivity contribution < 1.29 is 4.79 Å². The minimum absolute atomic E-state index is 0.0476. The molecule has 1 amide bonds. The first-order chi connectivity index (χ1) is 7.16. The number of carbonyl (C=O) groups is 1. The van der Waals surface area contributed by atoms with Crippen molar-refractivity contribution in [2.45, 2.75) is 26.7 Å². The molecule has 2 heteroatoms. The van der Waals surface area contributed by atoms with Crippen LogP contribution >= 0.6 is 0 Å². The normalized spacial score (nSPS) is 9.47. The molecule has 0 aromatic carbocycles. The molecule has 0 aliphatic heterocycles. The molecular formula is C13H17NO. The first-order valence-corrected chi connectivity index (χ1v) is 5.04. The molecule has 0 heterocycles. The number of hydrogen-bond acceptors (Lipinski definition) is 1. The zero-order valence-corrected chi connectivity index (χ0v) is 9.34. The number of carbonyl (C=O) groups excluding carboxylic acids is 1. The number of nitrogens with one attached hydrogen (secondary N) is 1. The van der Waals surface area contributed by atoms with E-state index in [0.29, 0.717) is 18.9 Å². The lowest BCUT2D eigenvalue weighted by Crippen LogP contribution is -2.25. The van der Waals surface area contributed by atoms with Crippen LogP contribution in [-0.2, 0) is 4.79 Å². The van der Waals surface area contributed by atoms with Crippen molar-refractivity contribution in [1.29, 1.82) is 0 Å². The molecule has 0 aromatic heterocycles. The molecule has 0 aliphatic carbocycles. The number of amides is 1. The SMILES string of the molecule is C#CC#CCCC=CC(=O)NCC(C)C. The standard InChI is InChI=1S/C13H17NO/c1-4-5-6-7-8-9-10-13(15)14-11-12(2)3/h1,9-10,12H,7-8,11H2,2-3H3,(H,14,15). The Kier molecular flexibility index (Phi) is 7.92. The summed E-state index contributed by atoms with van der Waals surface area (Å²) in [5.74, 6) is 7.97. The van der Waals surface area contributed by atoms with E-state index in [0.717, 1.165) is 6.42 Å². The van der Waals surface area contributed by atoms with E-state index in [1.807, 2.05) is 0 Å². The zero-order valence-electron chi connectivity index (χ0n) is 9.34. The molecule has 0 bridgehead atoms. The number of rotatable bonds is 5. The predicted octanol–water partition coefficient (Wildman–Crippen LogP) is 1.73. The van der Waals surface area contributed by atoms with Gasteiger partial charge in [0.15, 0.2) is 0 Å². The van der Waals surface area contributed by atoms with Gasteiger partial charge < -0.3 is 5.32 Å². The van der Waals surface area contributed by atoms with Gasteiger partial charge in [-0.1, -0.05) is 25.8 Å². The Bertz CT molecular complexity index is 310. The molecule has 80 valence electrons. The third kappa shape index (κ3) is 10.2. The van der Waals surface area contributed by atoms with Gasteiger partial charge in [0.25, 0.3) is 0 Å². The Hall–Kier alpha value is -1.67. The second-order valence-electron chi connectivity index (χ2n) is 3.53. The zero-order chi connectivity index (χ0) is 11.5. The van der Waals surface area contributed by atoms with Gasteiger partial charge in [-0.3, -0.25) is 4.79 Å². The highest BCUT2D eigenvalue weighted by molar-refractivity contribution is 5.87. The van der Waals surface area contributed by atoms with Crippen LogP contribution in [0.25, 0.3) is 0 Å². The third-order valence-electron chi connectivity index (χ3n) is 1.55. The number of terminal acetylenes is 1. The lowest BCUT2D eigenvalue weighted by Gasteiger charge is -2.03. The van der Waals surface area contributed by atoms with Crippen LogP contribution in [0.1, 0.15) is 26.7 Å². The highest BCUT2D eigenvalue weighted by Crippen LogP contribution is 1.90. The van der Waals surface area contributed by atoms with E-state index in [9.17, 15) is 4.79 Å². The van der Waals surface area contributed by atoms with Crippen LogP contribution in [0.4, 0.5) is 0 Å². The second-order valence-corrected chi connectivity index (χ2v) is 3.53. The Morgan fingerprint density at radius 2 is 2.27 bits per heavy atom. The van der Waals surface area contributed by atoms with Gasteiger partial charge >= 0.3 is 0 Å². The van der Waals surface area contributed by atoms with E-state index in [1.165, 1.54) is 0 Å². The highest BCUT2D eigenvalue weighted by Gasteiger charge is 1.96. The molecule has 0 spiro atoms.